The van der Waals surface area contributed by atoms with Crippen LogP contribution < -0.4 is 10.6 Å². The number of rotatable bonds is 3. The van der Waals surface area contributed by atoms with Gasteiger partial charge in [-0.15, -0.1) is 0 Å². The molecule has 94 valence electrons. The minimum absolute atomic E-state index is 0.636. The second-order valence-corrected chi connectivity index (χ2v) is 5.23. The van der Waals surface area contributed by atoms with Gasteiger partial charge in [-0.1, -0.05) is 24.6 Å². The Balaban J connectivity index is 2.38. The Kier molecular flexibility index (Phi) is 3.72. The molecule has 0 radical (unpaired) electrons. The molecule has 0 bridgehead atoms. The van der Waals surface area contributed by atoms with E-state index in [9.17, 15) is 0 Å². The predicted molar refractivity (Wildman–Crippen MR) is 74.3 cm³/mol. The van der Waals surface area contributed by atoms with E-state index in [2.05, 4.69) is 43.9 Å². The highest BCUT2D eigenvalue weighted by Crippen LogP contribution is 2.34. The number of hydrogen-bond donors (Lipinski definition) is 1. The maximum absolute atomic E-state index is 5.89. The molecule has 2 unspecified atom stereocenters. The number of nitrogens with zero attached hydrogens (tertiary/aromatic N) is 1. The molecular weight excluding hydrogens is 208 g/mol. The first kappa shape index (κ1) is 12.4. The molecule has 17 heavy (non-hydrogen) atoms. The van der Waals surface area contributed by atoms with Crippen LogP contribution in [0.2, 0.25) is 0 Å². The number of hydrogen-bond acceptors (Lipinski definition) is 2. The molecule has 2 rings (SSSR count). The Hall–Kier alpha value is -1.02. The van der Waals surface area contributed by atoms with Crippen molar-refractivity contribution in [3.63, 3.8) is 0 Å². The zero-order valence-corrected chi connectivity index (χ0v) is 11.2. The summed E-state index contributed by atoms with van der Waals surface area (Å²) in [5.41, 5.74) is 9.84. The van der Waals surface area contributed by atoms with Crippen LogP contribution in [0.3, 0.4) is 0 Å². The fraction of sp³-hybridized carbons (Fsp3) is 0.600. The number of benzene rings is 1. The molecular formula is C15H24N2. The first-order valence-electron chi connectivity index (χ1n) is 6.75. The summed E-state index contributed by atoms with van der Waals surface area (Å²) in [5, 5.41) is 0. The largest absolute Gasteiger partial charge is 0.366 e. The molecule has 1 heterocycles. The maximum atomic E-state index is 5.89. The maximum Gasteiger partial charge on any atom is 0.0416 e. The van der Waals surface area contributed by atoms with Crippen LogP contribution in [0, 0.1) is 6.92 Å². The normalized spacial score (nSPS) is 24.4. The van der Waals surface area contributed by atoms with Gasteiger partial charge in [-0.05, 0) is 44.7 Å². The first-order valence-corrected chi connectivity index (χ1v) is 6.75. The third-order valence-corrected chi connectivity index (χ3v) is 3.99. The van der Waals surface area contributed by atoms with Gasteiger partial charge in [0.25, 0.3) is 0 Å². The molecule has 2 heteroatoms. The summed E-state index contributed by atoms with van der Waals surface area (Å²) in [5.74, 6) is 0. The molecule has 1 aromatic carbocycles. The summed E-state index contributed by atoms with van der Waals surface area (Å²) < 4.78 is 0. The number of anilines is 1. The molecule has 2 atom stereocenters. The average Bonchev–Trinajstić information content (AvgIpc) is 2.70. The number of aryl methyl sites for hydroxylation is 1. The van der Waals surface area contributed by atoms with Crippen molar-refractivity contribution in [3.05, 3.63) is 29.3 Å². The lowest BCUT2D eigenvalue weighted by molar-refractivity contribution is 0.625. The molecule has 1 saturated heterocycles. The molecule has 0 saturated carbocycles. The Morgan fingerprint density at radius 2 is 2.12 bits per heavy atom. The molecule has 1 aromatic rings. The van der Waals surface area contributed by atoms with Crippen LogP contribution in [-0.2, 0) is 6.54 Å². The van der Waals surface area contributed by atoms with E-state index >= 15 is 0 Å². The SMILES string of the molecule is CCC1CCC(C)N1c1ccc(C)cc1CN. The van der Waals surface area contributed by atoms with E-state index in [1.54, 1.807) is 0 Å². The van der Waals surface area contributed by atoms with Gasteiger partial charge >= 0.3 is 0 Å². The molecule has 2 N–H and O–H groups in total. The van der Waals surface area contributed by atoms with Crippen molar-refractivity contribution in [2.75, 3.05) is 4.90 Å². The van der Waals surface area contributed by atoms with Gasteiger partial charge in [0, 0.05) is 24.3 Å². The fourth-order valence-corrected chi connectivity index (χ4v) is 3.04. The van der Waals surface area contributed by atoms with Gasteiger partial charge in [-0.3, -0.25) is 0 Å². The molecule has 2 nitrogen and oxygen atoms in total. The highest BCUT2D eigenvalue weighted by molar-refractivity contribution is 5.57. The third-order valence-electron chi connectivity index (χ3n) is 3.99. The van der Waals surface area contributed by atoms with Crippen LogP contribution in [0.5, 0.6) is 0 Å². The standard InChI is InChI=1S/C15H24N2/c1-4-14-7-6-12(3)17(14)15-8-5-11(2)9-13(15)10-16/h5,8-9,12,14H,4,6-7,10,16H2,1-3H3. The van der Waals surface area contributed by atoms with Crippen molar-refractivity contribution in [3.8, 4) is 0 Å². The van der Waals surface area contributed by atoms with Gasteiger partial charge < -0.3 is 10.6 Å². The minimum Gasteiger partial charge on any atom is -0.366 e. The number of nitrogens with two attached hydrogens (primary N) is 1. The molecule has 1 aliphatic rings. The Bertz CT molecular complexity index is 387. The molecule has 1 fully saturated rings. The van der Waals surface area contributed by atoms with Gasteiger partial charge in [0.1, 0.15) is 0 Å². The summed E-state index contributed by atoms with van der Waals surface area (Å²) in [6.45, 7) is 7.38. The van der Waals surface area contributed by atoms with Gasteiger partial charge in [-0.25, -0.2) is 0 Å². The molecule has 0 aromatic heterocycles. The third kappa shape index (κ3) is 2.32. The lowest BCUT2D eigenvalue weighted by Crippen LogP contribution is -2.35. The van der Waals surface area contributed by atoms with Crippen molar-refractivity contribution in [2.24, 2.45) is 5.73 Å². The van der Waals surface area contributed by atoms with E-state index in [-0.39, 0.29) is 0 Å². The smallest absolute Gasteiger partial charge is 0.0416 e. The fourth-order valence-electron chi connectivity index (χ4n) is 3.04. The Morgan fingerprint density at radius 1 is 1.35 bits per heavy atom. The molecule has 0 spiro atoms. The zero-order valence-electron chi connectivity index (χ0n) is 11.2. The summed E-state index contributed by atoms with van der Waals surface area (Å²) in [6, 6.07) is 8.02. The van der Waals surface area contributed by atoms with E-state index in [1.165, 1.54) is 36.1 Å². The van der Waals surface area contributed by atoms with Crippen molar-refractivity contribution in [2.45, 2.75) is 58.7 Å². The Morgan fingerprint density at radius 3 is 2.76 bits per heavy atom. The minimum atomic E-state index is 0.636. The molecule has 1 aliphatic heterocycles. The highest BCUT2D eigenvalue weighted by Gasteiger charge is 2.30. The van der Waals surface area contributed by atoms with E-state index in [1.807, 2.05) is 0 Å². The van der Waals surface area contributed by atoms with Crippen LogP contribution in [-0.4, -0.2) is 12.1 Å². The van der Waals surface area contributed by atoms with Crippen molar-refractivity contribution in [1.82, 2.24) is 0 Å². The predicted octanol–water partition coefficient (Wildman–Crippen LogP) is 3.22. The monoisotopic (exact) mass is 232 g/mol. The van der Waals surface area contributed by atoms with E-state index in [0.29, 0.717) is 18.6 Å². The quantitative estimate of drug-likeness (QED) is 0.867. The summed E-state index contributed by atoms with van der Waals surface area (Å²) in [6.07, 6.45) is 3.84. The van der Waals surface area contributed by atoms with Crippen LogP contribution >= 0.6 is 0 Å². The van der Waals surface area contributed by atoms with E-state index in [4.69, 9.17) is 5.73 Å². The first-order chi connectivity index (χ1) is 8.17. The van der Waals surface area contributed by atoms with Crippen molar-refractivity contribution >= 4 is 5.69 Å². The van der Waals surface area contributed by atoms with E-state index < -0.39 is 0 Å². The Labute approximate surface area is 105 Å². The van der Waals surface area contributed by atoms with Crippen molar-refractivity contribution < 1.29 is 0 Å². The topological polar surface area (TPSA) is 29.3 Å². The molecule has 0 aliphatic carbocycles. The van der Waals surface area contributed by atoms with Crippen LogP contribution in [0.25, 0.3) is 0 Å². The van der Waals surface area contributed by atoms with Gasteiger partial charge in [0.15, 0.2) is 0 Å². The second kappa shape index (κ2) is 5.09. The molecule has 0 amide bonds. The lowest BCUT2D eigenvalue weighted by atomic mass is 10.1. The lowest BCUT2D eigenvalue weighted by Gasteiger charge is -2.32. The van der Waals surface area contributed by atoms with Gasteiger partial charge in [0.05, 0.1) is 0 Å². The van der Waals surface area contributed by atoms with Crippen LogP contribution in [0.15, 0.2) is 18.2 Å². The van der Waals surface area contributed by atoms with Gasteiger partial charge in [0.2, 0.25) is 0 Å². The average molecular weight is 232 g/mol. The summed E-state index contributed by atoms with van der Waals surface area (Å²) in [7, 11) is 0. The summed E-state index contributed by atoms with van der Waals surface area (Å²) >= 11 is 0. The summed E-state index contributed by atoms with van der Waals surface area (Å²) in [4.78, 5) is 2.58. The second-order valence-electron chi connectivity index (χ2n) is 5.23. The van der Waals surface area contributed by atoms with Crippen LogP contribution in [0.1, 0.15) is 44.2 Å². The van der Waals surface area contributed by atoms with Crippen molar-refractivity contribution in [1.29, 1.82) is 0 Å². The van der Waals surface area contributed by atoms with E-state index in [0.717, 1.165) is 0 Å². The van der Waals surface area contributed by atoms with Crippen LogP contribution in [0.4, 0.5) is 5.69 Å². The zero-order chi connectivity index (χ0) is 12.4. The highest BCUT2D eigenvalue weighted by atomic mass is 15.2. The van der Waals surface area contributed by atoms with Gasteiger partial charge in [-0.2, -0.15) is 0 Å².